The fourth-order valence-electron chi connectivity index (χ4n) is 4.72. The van der Waals surface area contributed by atoms with E-state index in [0.29, 0.717) is 18.2 Å². The molecule has 0 spiro atoms. The van der Waals surface area contributed by atoms with Crippen LogP contribution in [0.3, 0.4) is 0 Å². The molecule has 1 saturated heterocycles. The summed E-state index contributed by atoms with van der Waals surface area (Å²) in [6, 6.07) is 28.9. The Morgan fingerprint density at radius 1 is 0.970 bits per heavy atom. The van der Waals surface area contributed by atoms with Crippen molar-refractivity contribution in [2.75, 3.05) is 26.7 Å². The van der Waals surface area contributed by atoms with Crippen LogP contribution >= 0.6 is 0 Å². The maximum atomic E-state index is 12.5. The van der Waals surface area contributed by atoms with Gasteiger partial charge in [-0.2, -0.15) is 0 Å². The number of benzene rings is 3. The van der Waals surface area contributed by atoms with Crippen molar-refractivity contribution in [1.82, 2.24) is 15.5 Å². The van der Waals surface area contributed by atoms with Crippen molar-refractivity contribution < 1.29 is 9.53 Å². The number of carbonyl (C=O) groups is 1. The third-order valence-corrected chi connectivity index (χ3v) is 6.34. The van der Waals surface area contributed by atoms with Gasteiger partial charge >= 0.3 is 0 Å². The number of rotatable bonds is 9. The number of nitrogens with one attached hydrogen (secondary N) is 2. The van der Waals surface area contributed by atoms with Gasteiger partial charge < -0.3 is 15.4 Å². The number of nitrogens with zero attached hydrogens (tertiary/aromatic N) is 1. The average molecular weight is 444 g/mol. The van der Waals surface area contributed by atoms with Gasteiger partial charge in [0.05, 0.1) is 13.2 Å². The van der Waals surface area contributed by atoms with Crippen molar-refractivity contribution in [1.29, 1.82) is 0 Å². The lowest BCUT2D eigenvalue weighted by atomic mass is 9.90. The standard InChI is InChI=1S/C28H33N3O2/c1-33-26-17-9-8-15-24(26)21-30-25-16-10-19-31(27(25)22-11-4-2-5-12-22)20-18-29-28(32)23-13-6-3-7-14-23/h2-9,11-15,17,25,27,30H,10,16,18-21H2,1H3,(H,29,32). The molecule has 1 aliphatic rings. The first-order valence-electron chi connectivity index (χ1n) is 11.7. The Hall–Kier alpha value is -3.15. The van der Waals surface area contributed by atoms with E-state index in [1.165, 1.54) is 11.1 Å². The van der Waals surface area contributed by atoms with E-state index in [1.54, 1.807) is 7.11 Å². The van der Waals surface area contributed by atoms with Gasteiger partial charge in [-0.25, -0.2) is 0 Å². The number of piperidine rings is 1. The molecular weight excluding hydrogens is 410 g/mol. The highest BCUT2D eigenvalue weighted by molar-refractivity contribution is 5.94. The summed E-state index contributed by atoms with van der Waals surface area (Å²) in [4.78, 5) is 15.0. The molecule has 0 bridgehead atoms. The molecule has 2 unspecified atom stereocenters. The van der Waals surface area contributed by atoms with Gasteiger partial charge in [-0.05, 0) is 43.1 Å². The molecular formula is C28H33N3O2. The number of methoxy groups -OCH3 is 1. The molecule has 2 atom stereocenters. The van der Waals surface area contributed by atoms with Crippen LogP contribution in [0.4, 0.5) is 0 Å². The minimum atomic E-state index is -0.0188. The van der Waals surface area contributed by atoms with Crippen LogP contribution in [0.5, 0.6) is 5.75 Å². The summed E-state index contributed by atoms with van der Waals surface area (Å²) >= 11 is 0. The molecule has 0 aromatic heterocycles. The van der Waals surface area contributed by atoms with E-state index in [2.05, 4.69) is 58.0 Å². The Kier molecular flexibility index (Phi) is 8.12. The SMILES string of the molecule is COc1ccccc1CNC1CCCN(CCNC(=O)c2ccccc2)C1c1ccccc1. The first-order valence-corrected chi connectivity index (χ1v) is 11.7. The molecule has 33 heavy (non-hydrogen) atoms. The zero-order valence-electron chi connectivity index (χ0n) is 19.2. The maximum Gasteiger partial charge on any atom is 0.251 e. The number of likely N-dealkylation sites (tertiary alicyclic amines) is 1. The molecule has 172 valence electrons. The fourth-order valence-corrected chi connectivity index (χ4v) is 4.72. The van der Waals surface area contributed by atoms with Gasteiger partial charge in [0.15, 0.2) is 0 Å². The Morgan fingerprint density at radius 2 is 1.67 bits per heavy atom. The molecule has 2 N–H and O–H groups in total. The molecule has 3 aromatic rings. The second-order valence-electron chi connectivity index (χ2n) is 8.45. The average Bonchev–Trinajstić information content (AvgIpc) is 2.88. The molecule has 1 heterocycles. The summed E-state index contributed by atoms with van der Waals surface area (Å²) < 4.78 is 5.54. The second kappa shape index (κ2) is 11.6. The van der Waals surface area contributed by atoms with Crippen LogP contribution < -0.4 is 15.4 Å². The van der Waals surface area contributed by atoms with Gasteiger partial charge in [0.2, 0.25) is 0 Å². The number of amides is 1. The molecule has 4 rings (SSSR count). The Labute approximate surface area is 196 Å². The summed E-state index contributed by atoms with van der Waals surface area (Å²) in [7, 11) is 1.72. The summed E-state index contributed by atoms with van der Waals surface area (Å²) in [6.45, 7) is 3.21. The van der Waals surface area contributed by atoms with Crippen LogP contribution in [0, 0.1) is 0 Å². The van der Waals surface area contributed by atoms with Crippen molar-refractivity contribution in [3.05, 3.63) is 102 Å². The van der Waals surface area contributed by atoms with Gasteiger partial charge in [-0.15, -0.1) is 0 Å². The lowest BCUT2D eigenvalue weighted by molar-refractivity contribution is 0.0910. The van der Waals surface area contributed by atoms with E-state index in [0.717, 1.165) is 38.2 Å². The van der Waals surface area contributed by atoms with Crippen LogP contribution in [0.15, 0.2) is 84.9 Å². The van der Waals surface area contributed by atoms with E-state index < -0.39 is 0 Å². The molecule has 1 aliphatic heterocycles. The predicted octanol–water partition coefficient (Wildman–Crippen LogP) is 4.42. The van der Waals surface area contributed by atoms with Crippen molar-refractivity contribution >= 4 is 5.91 Å². The lowest BCUT2D eigenvalue weighted by Gasteiger charge is -2.42. The molecule has 1 amide bonds. The maximum absolute atomic E-state index is 12.5. The first kappa shape index (κ1) is 23.0. The van der Waals surface area contributed by atoms with E-state index in [1.807, 2.05) is 42.5 Å². The Morgan fingerprint density at radius 3 is 2.42 bits per heavy atom. The third-order valence-electron chi connectivity index (χ3n) is 6.34. The summed E-state index contributed by atoms with van der Waals surface area (Å²) in [5, 5.41) is 6.90. The zero-order valence-corrected chi connectivity index (χ0v) is 19.2. The topological polar surface area (TPSA) is 53.6 Å². The van der Waals surface area contributed by atoms with Crippen molar-refractivity contribution in [2.45, 2.75) is 31.5 Å². The van der Waals surface area contributed by atoms with Crippen molar-refractivity contribution in [2.24, 2.45) is 0 Å². The summed E-state index contributed by atoms with van der Waals surface area (Å²) in [5.41, 5.74) is 3.18. The number of hydrogen-bond donors (Lipinski definition) is 2. The quantitative estimate of drug-likeness (QED) is 0.514. The van der Waals surface area contributed by atoms with Gasteiger partial charge in [0, 0.05) is 36.8 Å². The minimum Gasteiger partial charge on any atom is -0.496 e. The lowest BCUT2D eigenvalue weighted by Crippen LogP contribution is -2.50. The molecule has 0 radical (unpaired) electrons. The Bertz CT molecular complexity index is 1010. The van der Waals surface area contributed by atoms with Crippen LogP contribution in [0.2, 0.25) is 0 Å². The molecule has 3 aromatic carbocycles. The smallest absolute Gasteiger partial charge is 0.251 e. The monoisotopic (exact) mass is 443 g/mol. The van der Waals surface area contributed by atoms with Gasteiger partial charge in [0.1, 0.15) is 5.75 Å². The summed E-state index contributed by atoms with van der Waals surface area (Å²) in [5.74, 6) is 0.896. The molecule has 0 saturated carbocycles. The van der Waals surface area contributed by atoms with Gasteiger partial charge in [-0.3, -0.25) is 9.69 Å². The van der Waals surface area contributed by atoms with Crippen LogP contribution in [-0.4, -0.2) is 43.6 Å². The van der Waals surface area contributed by atoms with Gasteiger partial charge in [0.25, 0.3) is 5.91 Å². The highest BCUT2D eigenvalue weighted by atomic mass is 16.5. The second-order valence-corrected chi connectivity index (χ2v) is 8.45. The van der Waals surface area contributed by atoms with E-state index in [4.69, 9.17) is 4.74 Å². The van der Waals surface area contributed by atoms with Gasteiger partial charge in [-0.1, -0.05) is 66.7 Å². The highest BCUT2D eigenvalue weighted by Gasteiger charge is 2.32. The molecule has 5 nitrogen and oxygen atoms in total. The largest absolute Gasteiger partial charge is 0.496 e. The van der Waals surface area contributed by atoms with Crippen molar-refractivity contribution in [3.63, 3.8) is 0 Å². The van der Waals surface area contributed by atoms with E-state index in [-0.39, 0.29) is 11.9 Å². The minimum absolute atomic E-state index is 0.0188. The Balaban J connectivity index is 1.43. The number of hydrogen-bond acceptors (Lipinski definition) is 4. The van der Waals surface area contributed by atoms with Crippen LogP contribution in [0.25, 0.3) is 0 Å². The molecule has 5 heteroatoms. The summed E-state index contributed by atoms with van der Waals surface area (Å²) in [6.07, 6.45) is 2.24. The van der Waals surface area contributed by atoms with E-state index >= 15 is 0 Å². The third kappa shape index (κ3) is 6.01. The van der Waals surface area contributed by atoms with Crippen molar-refractivity contribution in [3.8, 4) is 5.75 Å². The normalized spacial score (nSPS) is 18.6. The molecule has 1 fully saturated rings. The number of ether oxygens (including phenoxy) is 1. The number of para-hydroxylation sites is 1. The molecule has 0 aliphatic carbocycles. The van der Waals surface area contributed by atoms with E-state index in [9.17, 15) is 4.79 Å². The van der Waals surface area contributed by atoms with Crippen LogP contribution in [-0.2, 0) is 6.54 Å². The number of carbonyl (C=O) groups excluding carboxylic acids is 1. The van der Waals surface area contributed by atoms with Crippen LogP contribution in [0.1, 0.15) is 40.4 Å². The zero-order chi connectivity index (χ0) is 22.9. The highest BCUT2D eigenvalue weighted by Crippen LogP contribution is 2.31. The first-order chi connectivity index (χ1) is 16.3. The fraction of sp³-hybridized carbons (Fsp3) is 0.321. The predicted molar refractivity (Wildman–Crippen MR) is 132 cm³/mol.